The number of rotatable bonds is 3. The van der Waals surface area contributed by atoms with Crippen molar-refractivity contribution in [2.24, 2.45) is 0 Å². The standard InChI is InChI=1S/C8H19O6Si4/c1-10-8(9)6-7-18(5)13-16(3)11-15(2)12-17(4)14-18/h6-7H2,1-5H3. The highest BCUT2D eigenvalue weighted by atomic mass is 28.5. The van der Waals surface area contributed by atoms with Gasteiger partial charge in [0.15, 0.2) is 0 Å². The molecular formula is C8H19O6Si4. The summed E-state index contributed by atoms with van der Waals surface area (Å²) in [4.78, 5) is 11.2. The van der Waals surface area contributed by atoms with Gasteiger partial charge in [0.05, 0.1) is 7.11 Å². The van der Waals surface area contributed by atoms with Crippen molar-refractivity contribution in [2.45, 2.75) is 38.7 Å². The summed E-state index contributed by atoms with van der Waals surface area (Å²) in [6, 6.07) is 0.572. The van der Waals surface area contributed by atoms with Gasteiger partial charge in [-0.25, -0.2) is 0 Å². The van der Waals surface area contributed by atoms with Crippen LogP contribution in [-0.2, 0) is 26.0 Å². The molecule has 0 unspecified atom stereocenters. The highest BCUT2D eigenvalue weighted by molar-refractivity contribution is 6.81. The number of hydrogen-bond acceptors (Lipinski definition) is 6. The summed E-state index contributed by atoms with van der Waals surface area (Å²) >= 11 is 0. The van der Waals surface area contributed by atoms with Gasteiger partial charge in [0.1, 0.15) is 0 Å². The van der Waals surface area contributed by atoms with Crippen LogP contribution in [0.2, 0.25) is 32.2 Å². The maximum Gasteiger partial charge on any atom is 0.362 e. The predicted octanol–water partition coefficient (Wildman–Crippen LogP) is 1.06. The van der Waals surface area contributed by atoms with Crippen LogP contribution in [0.25, 0.3) is 0 Å². The van der Waals surface area contributed by atoms with Crippen molar-refractivity contribution < 1.29 is 26.0 Å². The molecule has 18 heavy (non-hydrogen) atoms. The van der Waals surface area contributed by atoms with Crippen LogP contribution in [0.3, 0.4) is 0 Å². The van der Waals surface area contributed by atoms with Gasteiger partial charge in [0, 0.05) is 12.5 Å². The minimum Gasteiger partial charge on any atom is -0.469 e. The SMILES string of the molecule is COC(=O)CC[Si]1(C)O[Si](C)O[Si](C)O[Si](C)O1. The summed E-state index contributed by atoms with van der Waals surface area (Å²) in [5, 5.41) is 0. The monoisotopic (exact) mass is 323 g/mol. The second-order valence-corrected chi connectivity index (χ2v) is 13.1. The Kier molecular flexibility index (Phi) is 6.40. The molecule has 0 aromatic rings. The second kappa shape index (κ2) is 7.09. The van der Waals surface area contributed by atoms with Gasteiger partial charge in [0.25, 0.3) is 0 Å². The van der Waals surface area contributed by atoms with E-state index in [1.54, 1.807) is 0 Å². The van der Waals surface area contributed by atoms with Gasteiger partial charge in [-0.15, -0.1) is 0 Å². The molecule has 0 saturated carbocycles. The van der Waals surface area contributed by atoms with Crippen molar-refractivity contribution in [3.05, 3.63) is 0 Å². The summed E-state index contributed by atoms with van der Waals surface area (Å²) in [5.74, 6) is -0.241. The van der Waals surface area contributed by atoms with Crippen LogP contribution in [0, 0.1) is 0 Å². The van der Waals surface area contributed by atoms with Gasteiger partial charge in [-0.2, -0.15) is 0 Å². The number of esters is 1. The van der Waals surface area contributed by atoms with Crippen molar-refractivity contribution >= 4 is 42.4 Å². The van der Waals surface area contributed by atoms with Gasteiger partial charge in [-0.1, -0.05) is 0 Å². The van der Waals surface area contributed by atoms with E-state index < -0.39 is 36.4 Å². The van der Waals surface area contributed by atoms with Crippen molar-refractivity contribution in [1.82, 2.24) is 0 Å². The van der Waals surface area contributed by atoms with Gasteiger partial charge in [-0.05, 0) is 26.2 Å². The normalized spacial score (nSPS) is 23.4. The molecule has 0 bridgehead atoms. The molecule has 103 valence electrons. The first kappa shape index (κ1) is 16.2. The van der Waals surface area contributed by atoms with E-state index in [1.165, 1.54) is 7.11 Å². The van der Waals surface area contributed by atoms with E-state index in [0.29, 0.717) is 12.5 Å². The van der Waals surface area contributed by atoms with Crippen LogP contribution in [-0.4, -0.2) is 49.5 Å². The Bertz CT molecular complexity index is 277. The highest BCUT2D eigenvalue weighted by Gasteiger charge is 2.41. The number of carbonyl (C=O) groups excluding carboxylic acids is 1. The van der Waals surface area contributed by atoms with Gasteiger partial charge in [-0.3, -0.25) is 4.79 Å². The Morgan fingerprint density at radius 3 is 2.06 bits per heavy atom. The lowest BCUT2D eigenvalue weighted by atomic mass is 10.5. The van der Waals surface area contributed by atoms with Gasteiger partial charge in [0.2, 0.25) is 0 Å². The molecule has 3 radical (unpaired) electrons. The second-order valence-electron chi connectivity index (χ2n) is 4.09. The summed E-state index contributed by atoms with van der Waals surface area (Å²) in [6.45, 7) is 7.77. The zero-order chi connectivity index (χ0) is 13.8. The molecule has 1 fully saturated rings. The first-order valence-electron chi connectivity index (χ1n) is 5.66. The predicted molar refractivity (Wildman–Crippen MR) is 72.3 cm³/mol. The fourth-order valence-corrected chi connectivity index (χ4v) is 13.4. The summed E-state index contributed by atoms with van der Waals surface area (Å²) in [6.07, 6.45) is 0.313. The third-order valence-corrected chi connectivity index (χ3v) is 13.8. The van der Waals surface area contributed by atoms with Crippen LogP contribution >= 0.6 is 0 Å². The van der Waals surface area contributed by atoms with Gasteiger partial charge >= 0.3 is 42.4 Å². The Hall–Kier alpha value is 0.178. The third kappa shape index (κ3) is 5.44. The first-order chi connectivity index (χ1) is 8.34. The Morgan fingerprint density at radius 2 is 1.61 bits per heavy atom. The molecule has 0 atom stereocenters. The summed E-state index contributed by atoms with van der Waals surface area (Å²) in [7, 11) is -5.00. The number of carbonyl (C=O) groups is 1. The Morgan fingerprint density at radius 1 is 1.11 bits per heavy atom. The van der Waals surface area contributed by atoms with Crippen LogP contribution in [0.4, 0.5) is 0 Å². The highest BCUT2D eigenvalue weighted by Crippen LogP contribution is 2.21. The molecular weight excluding hydrogens is 304 g/mol. The molecule has 1 aliphatic heterocycles. The molecule has 0 spiro atoms. The molecule has 6 nitrogen and oxygen atoms in total. The third-order valence-electron chi connectivity index (χ3n) is 2.31. The zero-order valence-corrected chi connectivity index (χ0v) is 15.4. The van der Waals surface area contributed by atoms with Crippen molar-refractivity contribution in [3.63, 3.8) is 0 Å². The first-order valence-corrected chi connectivity index (χ1v) is 13.6. The molecule has 0 aliphatic carbocycles. The topological polar surface area (TPSA) is 63.2 Å². The molecule has 0 N–H and O–H groups in total. The minimum absolute atomic E-state index is 0.241. The fourth-order valence-electron chi connectivity index (χ4n) is 1.63. The molecule has 0 aromatic heterocycles. The molecule has 0 aromatic carbocycles. The van der Waals surface area contributed by atoms with E-state index in [9.17, 15) is 4.79 Å². The van der Waals surface area contributed by atoms with Crippen LogP contribution in [0.5, 0.6) is 0 Å². The lowest BCUT2D eigenvalue weighted by molar-refractivity contribution is -0.140. The van der Waals surface area contributed by atoms with E-state index in [1.807, 2.05) is 26.2 Å². The van der Waals surface area contributed by atoms with Crippen molar-refractivity contribution in [1.29, 1.82) is 0 Å². The zero-order valence-electron chi connectivity index (χ0n) is 11.4. The maximum atomic E-state index is 11.2. The maximum absolute atomic E-state index is 11.2. The average molecular weight is 324 g/mol. The minimum atomic E-state index is -2.40. The van der Waals surface area contributed by atoms with E-state index in [2.05, 4.69) is 4.74 Å². The van der Waals surface area contributed by atoms with E-state index in [-0.39, 0.29) is 5.97 Å². The van der Waals surface area contributed by atoms with Gasteiger partial charge < -0.3 is 21.2 Å². The van der Waals surface area contributed by atoms with E-state index in [0.717, 1.165) is 0 Å². The molecule has 1 heterocycles. The Labute approximate surface area is 114 Å². The summed E-state index contributed by atoms with van der Waals surface area (Å²) < 4.78 is 28.0. The lowest BCUT2D eigenvalue weighted by Crippen LogP contribution is -2.53. The Balaban J connectivity index is 2.62. The molecule has 1 rings (SSSR count). The summed E-state index contributed by atoms with van der Waals surface area (Å²) in [5.41, 5.74) is 0. The number of ether oxygens (including phenoxy) is 1. The molecule has 1 saturated heterocycles. The van der Waals surface area contributed by atoms with Crippen LogP contribution < -0.4 is 0 Å². The molecule has 1 aliphatic rings. The van der Waals surface area contributed by atoms with E-state index >= 15 is 0 Å². The van der Waals surface area contributed by atoms with Crippen LogP contribution in [0.1, 0.15) is 6.42 Å². The molecule has 10 heteroatoms. The fraction of sp³-hybridized carbons (Fsp3) is 0.875. The number of methoxy groups -OCH3 is 1. The van der Waals surface area contributed by atoms with E-state index in [4.69, 9.17) is 16.5 Å². The molecule has 0 amide bonds. The van der Waals surface area contributed by atoms with Crippen LogP contribution in [0.15, 0.2) is 0 Å². The van der Waals surface area contributed by atoms with Crippen molar-refractivity contribution in [3.8, 4) is 0 Å². The average Bonchev–Trinajstić information content (AvgIpc) is 2.23. The lowest BCUT2D eigenvalue weighted by Gasteiger charge is -2.35. The number of hydrogen-bond donors (Lipinski definition) is 0. The quantitative estimate of drug-likeness (QED) is 0.571. The smallest absolute Gasteiger partial charge is 0.362 e. The van der Waals surface area contributed by atoms with Crippen molar-refractivity contribution in [2.75, 3.05) is 7.11 Å². The largest absolute Gasteiger partial charge is 0.469 e.